The quantitative estimate of drug-likeness (QED) is 0.344. The van der Waals surface area contributed by atoms with Crippen LogP contribution in [0, 0.1) is 12.8 Å². The molecule has 0 unspecified atom stereocenters. The molecule has 5 rings (SSSR count). The molecule has 1 atom stereocenters. The maximum absolute atomic E-state index is 12.5. The Labute approximate surface area is 183 Å². The maximum Gasteiger partial charge on any atom is 0.346 e. The molecule has 1 aliphatic rings. The molecule has 0 spiro atoms. The van der Waals surface area contributed by atoms with Gasteiger partial charge >= 0.3 is 5.97 Å². The lowest BCUT2D eigenvalue weighted by Crippen LogP contribution is -2.11. The molecule has 0 aromatic carbocycles. The number of hydrogen-bond acceptors (Lipinski definition) is 8. The standard InChI is InChI=1S/C20H18N4O3S3/c1-8-3-4-10-11(5-8)29-18-14(10)17(21-7-22-18)28-6-12-23-16(25)13-9(2)15(20(26)27)30-19(13)24-12/h7-8H,3-6H2,1-2H3,(H,26,27)(H,23,24,25)/t8-/m0/s1. The van der Waals surface area contributed by atoms with Crippen LogP contribution in [-0.4, -0.2) is 31.0 Å². The van der Waals surface area contributed by atoms with Gasteiger partial charge in [0.05, 0.1) is 11.1 Å². The van der Waals surface area contributed by atoms with E-state index in [1.165, 1.54) is 28.6 Å². The highest BCUT2D eigenvalue weighted by molar-refractivity contribution is 7.98. The molecule has 0 radical (unpaired) electrons. The molecular weight excluding hydrogens is 440 g/mol. The second kappa shape index (κ2) is 7.44. The monoisotopic (exact) mass is 458 g/mol. The molecule has 154 valence electrons. The van der Waals surface area contributed by atoms with Crippen LogP contribution in [0.4, 0.5) is 0 Å². The summed E-state index contributed by atoms with van der Waals surface area (Å²) in [5.74, 6) is 0.615. The summed E-state index contributed by atoms with van der Waals surface area (Å²) in [7, 11) is 0. The van der Waals surface area contributed by atoms with Crippen LogP contribution in [0.1, 0.15) is 44.8 Å². The lowest BCUT2D eigenvalue weighted by Gasteiger charge is -2.18. The minimum atomic E-state index is -1.04. The first kappa shape index (κ1) is 19.7. The van der Waals surface area contributed by atoms with Gasteiger partial charge in [-0.1, -0.05) is 18.7 Å². The number of carbonyl (C=O) groups is 1. The molecule has 0 saturated heterocycles. The first-order valence-corrected chi connectivity index (χ1v) is 12.2. The number of carboxylic acids is 1. The van der Waals surface area contributed by atoms with Gasteiger partial charge in [-0.25, -0.2) is 19.7 Å². The van der Waals surface area contributed by atoms with Crippen LogP contribution >= 0.6 is 34.4 Å². The van der Waals surface area contributed by atoms with Crippen LogP contribution in [0.15, 0.2) is 16.1 Å². The zero-order chi connectivity index (χ0) is 21.0. The summed E-state index contributed by atoms with van der Waals surface area (Å²) >= 11 is 4.33. The Bertz CT molecular complexity index is 1370. The SMILES string of the molecule is Cc1c(C(=O)O)sc2nc(CSc3ncnc4sc5c(c34)CC[C@H](C)C5)[nH]c(=O)c12. The first-order chi connectivity index (χ1) is 14.4. The molecule has 30 heavy (non-hydrogen) atoms. The molecule has 0 saturated carbocycles. The number of nitrogens with one attached hydrogen (secondary N) is 1. The predicted octanol–water partition coefficient (Wildman–Crippen LogP) is 4.41. The number of aromatic amines is 1. The topological polar surface area (TPSA) is 109 Å². The lowest BCUT2D eigenvalue weighted by molar-refractivity contribution is 0.0701. The number of thioether (sulfide) groups is 1. The normalized spacial score (nSPS) is 16.3. The van der Waals surface area contributed by atoms with E-state index < -0.39 is 5.97 Å². The van der Waals surface area contributed by atoms with E-state index in [-0.39, 0.29) is 10.4 Å². The van der Waals surface area contributed by atoms with E-state index >= 15 is 0 Å². The molecule has 4 aromatic rings. The minimum absolute atomic E-state index is 0.157. The van der Waals surface area contributed by atoms with Gasteiger partial charge < -0.3 is 10.1 Å². The zero-order valence-corrected chi connectivity index (χ0v) is 18.8. The minimum Gasteiger partial charge on any atom is -0.477 e. The molecule has 10 heteroatoms. The van der Waals surface area contributed by atoms with Crippen molar-refractivity contribution in [2.24, 2.45) is 5.92 Å². The third-order valence-corrected chi connectivity index (χ3v) is 8.78. The van der Waals surface area contributed by atoms with Crippen molar-refractivity contribution in [3.63, 3.8) is 0 Å². The fraction of sp³-hybridized carbons (Fsp3) is 0.350. The number of carboxylic acid groups (broad SMARTS) is 1. The number of fused-ring (bicyclic) bond motifs is 4. The van der Waals surface area contributed by atoms with Crippen LogP contribution in [0.25, 0.3) is 20.4 Å². The third kappa shape index (κ3) is 3.23. The predicted molar refractivity (Wildman–Crippen MR) is 120 cm³/mol. The Morgan fingerprint density at radius 2 is 2.13 bits per heavy atom. The van der Waals surface area contributed by atoms with Crippen LogP contribution in [0.2, 0.25) is 0 Å². The number of aromatic carboxylic acids is 1. The maximum atomic E-state index is 12.5. The Kier molecular flexibility index (Phi) is 4.87. The summed E-state index contributed by atoms with van der Waals surface area (Å²) in [6.07, 6.45) is 4.91. The molecule has 0 bridgehead atoms. The highest BCUT2D eigenvalue weighted by atomic mass is 32.2. The molecule has 4 heterocycles. The highest BCUT2D eigenvalue weighted by Crippen LogP contribution is 2.41. The molecule has 2 N–H and O–H groups in total. The van der Waals surface area contributed by atoms with Crippen molar-refractivity contribution in [2.75, 3.05) is 0 Å². The van der Waals surface area contributed by atoms with E-state index in [1.807, 2.05) is 0 Å². The average molecular weight is 459 g/mol. The van der Waals surface area contributed by atoms with Crippen molar-refractivity contribution in [1.82, 2.24) is 19.9 Å². The number of H-pyrrole nitrogens is 1. The van der Waals surface area contributed by atoms with E-state index in [0.717, 1.165) is 39.4 Å². The van der Waals surface area contributed by atoms with E-state index in [9.17, 15) is 14.7 Å². The van der Waals surface area contributed by atoms with Crippen molar-refractivity contribution in [2.45, 2.75) is 43.9 Å². The van der Waals surface area contributed by atoms with Crippen molar-refractivity contribution in [3.05, 3.63) is 43.4 Å². The van der Waals surface area contributed by atoms with Gasteiger partial charge in [0.1, 0.15) is 31.7 Å². The molecule has 7 nitrogen and oxygen atoms in total. The second-order valence-electron chi connectivity index (χ2n) is 7.55. The first-order valence-electron chi connectivity index (χ1n) is 9.56. The summed E-state index contributed by atoms with van der Waals surface area (Å²) in [6, 6.07) is 0. The molecule has 1 aliphatic carbocycles. The second-order valence-corrected chi connectivity index (χ2v) is 10.6. The number of aromatic nitrogens is 4. The van der Waals surface area contributed by atoms with Crippen molar-refractivity contribution in [3.8, 4) is 0 Å². The number of nitrogens with zero attached hydrogens (tertiary/aromatic N) is 3. The fourth-order valence-electron chi connectivity index (χ4n) is 3.95. The number of rotatable bonds is 4. The van der Waals surface area contributed by atoms with E-state index in [0.29, 0.717) is 33.3 Å². The highest BCUT2D eigenvalue weighted by Gasteiger charge is 2.23. The Morgan fingerprint density at radius 3 is 2.93 bits per heavy atom. The number of thiophene rings is 2. The van der Waals surface area contributed by atoms with Crippen LogP contribution in [0.5, 0.6) is 0 Å². The smallest absolute Gasteiger partial charge is 0.346 e. The Balaban J connectivity index is 1.49. The van der Waals surface area contributed by atoms with Crippen LogP contribution < -0.4 is 5.56 Å². The van der Waals surface area contributed by atoms with Gasteiger partial charge in [0, 0.05) is 10.3 Å². The summed E-state index contributed by atoms with van der Waals surface area (Å²) in [5, 5.41) is 11.7. The lowest BCUT2D eigenvalue weighted by atomic mass is 9.89. The van der Waals surface area contributed by atoms with Crippen LogP contribution in [0.3, 0.4) is 0 Å². The van der Waals surface area contributed by atoms with Gasteiger partial charge in [0.25, 0.3) is 5.56 Å². The zero-order valence-electron chi connectivity index (χ0n) is 16.3. The molecule has 0 fully saturated rings. The largest absolute Gasteiger partial charge is 0.477 e. The summed E-state index contributed by atoms with van der Waals surface area (Å²) in [4.78, 5) is 43.3. The van der Waals surface area contributed by atoms with Crippen molar-refractivity contribution >= 4 is 60.8 Å². The van der Waals surface area contributed by atoms with Crippen molar-refractivity contribution in [1.29, 1.82) is 0 Å². The molecular formula is C20H18N4O3S3. The van der Waals surface area contributed by atoms with E-state index in [1.54, 1.807) is 24.6 Å². The van der Waals surface area contributed by atoms with Gasteiger partial charge in [-0.15, -0.1) is 22.7 Å². The van der Waals surface area contributed by atoms with E-state index in [2.05, 4.69) is 26.9 Å². The number of hydrogen-bond donors (Lipinski definition) is 2. The summed E-state index contributed by atoms with van der Waals surface area (Å²) in [5.41, 5.74) is 1.53. The Hall–Kier alpha value is -2.30. The van der Waals surface area contributed by atoms with Gasteiger partial charge in [-0.2, -0.15) is 0 Å². The average Bonchev–Trinajstić information content (AvgIpc) is 3.24. The van der Waals surface area contributed by atoms with E-state index in [4.69, 9.17) is 0 Å². The van der Waals surface area contributed by atoms with Gasteiger partial charge in [0.2, 0.25) is 0 Å². The van der Waals surface area contributed by atoms with Crippen molar-refractivity contribution < 1.29 is 9.90 Å². The molecule has 0 amide bonds. The molecule has 4 aromatic heterocycles. The summed E-state index contributed by atoms with van der Waals surface area (Å²) in [6.45, 7) is 3.93. The van der Waals surface area contributed by atoms with Gasteiger partial charge in [0.15, 0.2) is 0 Å². The summed E-state index contributed by atoms with van der Waals surface area (Å²) < 4.78 is 0. The van der Waals surface area contributed by atoms with Gasteiger partial charge in [-0.3, -0.25) is 4.79 Å². The number of aryl methyl sites for hydroxylation is 2. The van der Waals surface area contributed by atoms with Gasteiger partial charge in [-0.05, 0) is 43.2 Å². The molecule has 0 aliphatic heterocycles. The Morgan fingerprint density at radius 1 is 1.30 bits per heavy atom. The van der Waals surface area contributed by atoms with Crippen LogP contribution in [-0.2, 0) is 18.6 Å². The fourth-order valence-corrected chi connectivity index (χ4v) is 7.30. The third-order valence-electron chi connectivity index (χ3n) is 5.45.